The number of hydrogen-bond acceptors (Lipinski definition) is 12. The molecule has 0 aliphatic rings. The van der Waals surface area contributed by atoms with Gasteiger partial charge in [-0.3, -0.25) is 33.4 Å². The first-order valence-electron chi connectivity index (χ1n) is 7.82. The van der Waals surface area contributed by atoms with E-state index in [1.807, 2.05) is 0 Å². The van der Waals surface area contributed by atoms with E-state index in [4.69, 9.17) is 5.73 Å². The maximum Gasteiger partial charge on any atom is 0.300 e. The number of nitro benzene ring substituents is 2. The molecule has 1 amide bonds. The Hall–Kier alpha value is -2.89. The van der Waals surface area contributed by atoms with Crippen molar-refractivity contribution in [3.05, 3.63) is 37.9 Å². The van der Waals surface area contributed by atoms with Gasteiger partial charge in [0.15, 0.2) is 0 Å². The Morgan fingerprint density at radius 2 is 1.47 bits per heavy atom. The molecule has 0 spiro atoms. The molecule has 0 heterocycles. The zero-order chi connectivity index (χ0) is 23.3. The third-order valence-corrected chi connectivity index (χ3v) is 4.57. The van der Waals surface area contributed by atoms with Crippen LogP contribution in [0.5, 0.6) is 0 Å². The zero-order valence-electron chi connectivity index (χ0n) is 15.7. The van der Waals surface area contributed by atoms with Crippen LogP contribution in [0.15, 0.2) is 12.1 Å². The van der Waals surface area contributed by atoms with Crippen molar-refractivity contribution in [3.63, 3.8) is 0 Å². The number of carbonyl (C=O) groups is 1. The van der Waals surface area contributed by atoms with E-state index in [9.17, 15) is 41.9 Å². The second kappa shape index (κ2) is 9.74. The van der Waals surface area contributed by atoms with Gasteiger partial charge in [0.2, 0.25) is 0 Å². The van der Waals surface area contributed by atoms with E-state index in [0.29, 0.717) is 12.1 Å². The van der Waals surface area contributed by atoms with Crippen LogP contribution in [0.2, 0.25) is 0 Å². The molecule has 30 heavy (non-hydrogen) atoms. The predicted octanol–water partition coefficient (Wildman–Crippen LogP) is -0.639. The van der Waals surface area contributed by atoms with Crippen LogP contribution >= 0.6 is 0 Å². The Balaban J connectivity index is 3.51. The molecule has 0 fully saturated rings. The molecule has 0 saturated heterocycles. The molecule has 0 unspecified atom stereocenters. The standard InChI is InChI=1S/C13H18N4O11S2/c1-29(23,24)27-5-3-15(4-6-28-30(2,25)26)12-10(13(14)18)7-9(16(19)20)8-11(12)17(21)22/h7-8H,3-6H2,1-2H3,(H2,14,18). The van der Waals surface area contributed by atoms with Crippen LogP contribution in [0.1, 0.15) is 10.4 Å². The molecule has 0 radical (unpaired) electrons. The van der Waals surface area contributed by atoms with E-state index in [-0.39, 0.29) is 13.1 Å². The molecular weight excluding hydrogens is 452 g/mol. The highest BCUT2D eigenvalue weighted by molar-refractivity contribution is 7.86. The Morgan fingerprint density at radius 3 is 1.80 bits per heavy atom. The Kier molecular flexibility index (Phi) is 8.17. The van der Waals surface area contributed by atoms with Crippen LogP contribution < -0.4 is 10.6 Å². The number of non-ortho nitro benzene ring substituents is 1. The average Bonchev–Trinajstić information content (AvgIpc) is 2.57. The minimum absolute atomic E-state index is 0.390. The van der Waals surface area contributed by atoms with Gasteiger partial charge in [0, 0.05) is 19.2 Å². The number of carbonyl (C=O) groups excluding carboxylic acids is 1. The van der Waals surface area contributed by atoms with Crippen molar-refractivity contribution in [2.75, 3.05) is 43.7 Å². The molecule has 0 atom stereocenters. The maximum absolute atomic E-state index is 11.8. The summed E-state index contributed by atoms with van der Waals surface area (Å²) in [6.45, 7) is -1.85. The first-order valence-corrected chi connectivity index (χ1v) is 11.5. The quantitative estimate of drug-likeness (QED) is 0.229. The molecule has 0 aliphatic carbocycles. The van der Waals surface area contributed by atoms with Crippen molar-refractivity contribution < 1.29 is 39.8 Å². The molecule has 15 nitrogen and oxygen atoms in total. The Labute approximate surface area is 170 Å². The highest BCUT2D eigenvalue weighted by Gasteiger charge is 2.30. The van der Waals surface area contributed by atoms with E-state index in [1.165, 1.54) is 0 Å². The Morgan fingerprint density at radius 1 is 1.00 bits per heavy atom. The highest BCUT2D eigenvalue weighted by atomic mass is 32.2. The number of benzene rings is 1. The van der Waals surface area contributed by atoms with Crippen LogP contribution in [0.25, 0.3) is 0 Å². The van der Waals surface area contributed by atoms with Gasteiger partial charge in [0.1, 0.15) is 5.69 Å². The lowest BCUT2D eigenvalue weighted by atomic mass is 10.1. The smallest absolute Gasteiger partial charge is 0.300 e. The number of anilines is 1. The fourth-order valence-corrected chi connectivity index (χ4v) is 3.06. The normalized spacial score (nSPS) is 11.8. The molecule has 2 N–H and O–H groups in total. The SMILES string of the molecule is CS(=O)(=O)OCCN(CCOS(C)(=O)=O)c1c(C(N)=O)cc([N+](=O)[O-])cc1[N+](=O)[O-]. The summed E-state index contributed by atoms with van der Waals surface area (Å²) in [4.78, 5) is 33.4. The molecule has 0 aliphatic heterocycles. The molecule has 1 aromatic carbocycles. The van der Waals surface area contributed by atoms with Crippen molar-refractivity contribution in [1.82, 2.24) is 0 Å². The average molecular weight is 470 g/mol. The molecule has 17 heteroatoms. The number of rotatable bonds is 12. The summed E-state index contributed by atoms with van der Waals surface area (Å²) in [5.74, 6) is -1.24. The van der Waals surface area contributed by atoms with Gasteiger partial charge in [-0.25, -0.2) is 0 Å². The van der Waals surface area contributed by atoms with Gasteiger partial charge in [0.25, 0.3) is 37.5 Å². The third-order valence-electron chi connectivity index (χ3n) is 3.38. The van der Waals surface area contributed by atoms with Gasteiger partial charge in [-0.05, 0) is 0 Å². The van der Waals surface area contributed by atoms with E-state index < -0.39 is 71.8 Å². The van der Waals surface area contributed by atoms with Crippen molar-refractivity contribution in [2.45, 2.75) is 0 Å². The van der Waals surface area contributed by atoms with E-state index in [2.05, 4.69) is 8.37 Å². The topological polar surface area (TPSA) is 219 Å². The minimum atomic E-state index is -3.89. The largest absolute Gasteiger partial charge is 0.366 e. The molecule has 1 rings (SSSR count). The van der Waals surface area contributed by atoms with Crippen molar-refractivity contribution >= 4 is 43.2 Å². The predicted molar refractivity (Wildman–Crippen MR) is 102 cm³/mol. The van der Waals surface area contributed by atoms with Gasteiger partial charge in [-0.15, -0.1) is 0 Å². The minimum Gasteiger partial charge on any atom is -0.366 e. The first-order chi connectivity index (χ1) is 13.6. The zero-order valence-corrected chi connectivity index (χ0v) is 17.3. The summed E-state index contributed by atoms with van der Waals surface area (Å²) in [6.07, 6.45) is 1.51. The monoisotopic (exact) mass is 470 g/mol. The third kappa shape index (κ3) is 7.85. The summed E-state index contributed by atoms with van der Waals surface area (Å²) >= 11 is 0. The summed E-state index contributed by atoms with van der Waals surface area (Å²) in [6, 6.07) is 1.30. The summed E-state index contributed by atoms with van der Waals surface area (Å²) in [5, 5.41) is 22.5. The molecule has 168 valence electrons. The maximum atomic E-state index is 11.8. The lowest BCUT2D eigenvalue weighted by Gasteiger charge is -2.25. The van der Waals surface area contributed by atoms with Gasteiger partial charge in [-0.2, -0.15) is 16.8 Å². The fraction of sp³-hybridized carbons (Fsp3) is 0.462. The highest BCUT2D eigenvalue weighted by Crippen LogP contribution is 2.36. The van der Waals surface area contributed by atoms with Gasteiger partial charge in [0.05, 0.1) is 47.2 Å². The van der Waals surface area contributed by atoms with E-state index in [0.717, 1.165) is 17.4 Å². The van der Waals surface area contributed by atoms with Gasteiger partial charge in [-0.1, -0.05) is 0 Å². The lowest BCUT2D eigenvalue weighted by molar-refractivity contribution is -0.393. The number of hydrogen-bond donors (Lipinski definition) is 1. The van der Waals surface area contributed by atoms with Crippen LogP contribution in [-0.2, 0) is 28.6 Å². The molecule has 1 aromatic rings. The number of nitrogens with zero attached hydrogens (tertiary/aromatic N) is 3. The number of primary amides is 1. The molecule has 0 bridgehead atoms. The number of nitro groups is 2. The van der Waals surface area contributed by atoms with Gasteiger partial charge >= 0.3 is 0 Å². The first kappa shape index (κ1) is 25.1. The number of nitrogens with two attached hydrogens (primary N) is 1. The van der Waals surface area contributed by atoms with E-state index in [1.54, 1.807) is 0 Å². The summed E-state index contributed by atoms with van der Waals surface area (Å²) in [5.41, 5.74) is 2.48. The van der Waals surface area contributed by atoms with Gasteiger partial charge < -0.3 is 10.6 Å². The summed E-state index contributed by atoms with van der Waals surface area (Å²) < 4.78 is 53.8. The van der Waals surface area contributed by atoms with Crippen LogP contribution in [0, 0.1) is 20.2 Å². The molecule has 0 saturated carbocycles. The van der Waals surface area contributed by atoms with Crippen molar-refractivity contribution in [2.24, 2.45) is 5.73 Å². The molecule has 0 aromatic heterocycles. The second-order valence-corrected chi connectivity index (χ2v) is 9.07. The number of amides is 1. The Bertz CT molecular complexity index is 980. The van der Waals surface area contributed by atoms with Crippen LogP contribution in [0.3, 0.4) is 0 Å². The van der Waals surface area contributed by atoms with Crippen molar-refractivity contribution in [3.8, 4) is 0 Å². The van der Waals surface area contributed by atoms with Crippen LogP contribution in [0.4, 0.5) is 17.1 Å². The lowest BCUT2D eigenvalue weighted by Crippen LogP contribution is -2.34. The van der Waals surface area contributed by atoms with E-state index >= 15 is 0 Å². The fourth-order valence-electron chi connectivity index (χ4n) is 2.30. The molecular formula is C13H18N4O11S2. The van der Waals surface area contributed by atoms with Crippen molar-refractivity contribution in [1.29, 1.82) is 0 Å². The summed E-state index contributed by atoms with van der Waals surface area (Å²) in [7, 11) is -7.77. The second-order valence-electron chi connectivity index (χ2n) is 5.78. The van der Waals surface area contributed by atoms with Crippen LogP contribution in [-0.4, -0.2) is 71.4 Å².